The molecule has 0 aliphatic heterocycles. The Hall–Kier alpha value is -2.19. The predicted octanol–water partition coefficient (Wildman–Crippen LogP) is 4.31. The van der Waals surface area contributed by atoms with Crippen LogP contribution in [0.1, 0.15) is 32.6 Å². The average molecular weight is 475 g/mol. The summed E-state index contributed by atoms with van der Waals surface area (Å²) in [6.07, 6.45) is 6.51. The van der Waals surface area contributed by atoms with Gasteiger partial charge in [-0.2, -0.15) is 0 Å². The number of sulfonamides is 1. The molecule has 2 aliphatic carbocycles. The van der Waals surface area contributed by atoms with E-state index >= 15 is 0 Å². The summed E-state index contributed by atoms with van der Waals surface area (Å²) in [6.45, 7) is 2.16. The number of fused-ring (bicyclic) bond motifs is 2. The Morgan fingerprint density at radius 3 is 2.38 bits per heavy atom. The smallest absolute Gasteiger partial charge is 0.264 e. The zero-order valence-corrected chi connectivity index (χ0v) is 20.1. The number of hydrogen-bond donors (Lipinski definition) is 1. The van der Waals surface area contributed by atoms with E-state index in [-0.39, 0.29) is 23.4 Å². The van der Waals surface area contributed by atoms with Crippen LogP contribution < -0.4 is 14.4 Å². The van der Waals surface area contributed by atoms with Gasteiger partial charge in [-0.25, -0.2) is 8.42 Å². The zero-order valence-electron chi connectivity index (χ0n) is 18.5. The van der Waals surface area contributed by atoms with Gasteiger partial charge in [0.25, 0.3) is 10.0 Å². The van der Waals surface area contributed by atoms with E-state index in [4.69, 9.17) is 4.74 Å². The number of hydrogen-bond acceptors (Lipinski definition) is 5. The van der Waals surface area contributed by atoms with E-state index in [9.17, 15) is 13.2 Å². The highest BCUT2D eigenvalue weighted by Gasteiger charge is 2.40. The second-order valence-corrected chi connectivity index (χ2v) is 11.2. The van der Waals surface area contributed by atoms with E-state index in [0.717, 1.165) is 17.7 Å². The van der Waals surface area contributed by atoms with E-state index < -0.39 is 10.0 Å². The van der Waals surface area contributed by atoms with Crippen molar-refractivity contribution in [2.24, 2.45) is 11.8 Å². The molecule has 0 saturated heterocycles. The first-order valence-electron chi connectivity index (χ1n) is 11.1. The summed E-state index contributed by atoms with van der Waals surface area (Å²) in [5, 5.41) is 3.11. The lowest BCUT2D eigenvalue weighted by molar-refractivity contribution is -0.120. The minimum Gasteiger partial charge on any atom is -0.494 e. The first-order chi connectivity index (χ1) is 15.4. The van der Waals surface area contributed by atoms with Gasteiger partial charge < -0.3 is 10.1 Å². The van der Waals surface area contributed by atoms with Gasteiger partial charge in [0, 0.05) is 10.9 Å². The van der Waals surface area contributed by atoms with Gasteiger partial charge in [-0.1, -0.05) is 6.42 Å². The van der Waals surface area contributed by atoms with Gasteiger partial charge in [0.15, 0.2) is 0 Å². The van der Waals surface area contributed by atoms with Gasteiger partial charge in [0.2, 0.25) is 5.91 Å². The molecule has 1 unspecified atom stereocenters. The minimum absolute atomic E-state index is 0.159. The quantitative estimate of drug-likeness (QED) is 0.548. The molecule has 4 rings (SSSR count). The van der Waals surface area contributed by atoms with Crippen LogP contribution in [-0.4, -0.2) is 39.8 Å². The third kappa shape index (κ3) is 4.91. The number of carbonyl (C=O) groups is 1. The minimum atomic E-state index is -3.92. The Morgan fingerprint density at radius 2 is 1.81 bits per heavy atom. The Balaban J connectivity index is 1.58. The van der Waals surface area contributed by atoms with E-state index in [2.05, 4.69) is 5.32 Å². The Labute approximate surface area is 194 Å². The molecule has 2 saturated carbocycles. The van der Waals surface area contributed by atoms with Gasteiger partial charge in [0.05, 0.1) is 17.2 Å². The molecule has 0 spiro atoms. The molecular weight excluding hydrogens is 444 g/mol. The molecule has 2 aliphatic rings. The van der Waals surface area contributed by atoms with Crippen LogP contribution in [0.3, 0.4) is 0 Å². The third-order valence-corrected chi connectivity index (χ3v) is 8.99. The summed E-state index contributed by atoms with van der Waals surface area (Å²) >= 11 is 1.55. The Kier molecular flexibility index (Phi) is 7.00. The molecule has 2 fully saturated rings. The number of rotatable bonds is 9. The number of anilines is 1. The van der Waals surface area contributed by atoms with Crippen molar-refractivity contribution in [3.8, 4) is 5.75 Å². The van der Waals surface area contributed by atoms with Crippen molar-refractivity contribution in [1.29, 1.82) is 0 Å². The van der Waals surface area contributed by atoms with Crippen molar-refractivity contribution < 1.29 is 17.9 Å². The first-order valence-corrected chi connectivity index (χ1v) is 13.8. The van der Waals surface area contributed by atoms with Gasteiger partial charge in [-0.3, -0.25) is 9.10 Å². The third-order valence-electron chi connectivity index (χ3n) is 6.45. The largest absolute Gasteiger partial charge is 0.494 e. The lowest BCUT2D eigenvalue weighted by Gasteiger charge is -2.27. The average Bonchev–Trinajstić information content (AvgIpc) is 3.42. The number of amides is 1. The van der Waals surface area contributed by atoms with E-state index in [1.807, 2.05) is 13.2 Å². The summed E-state index contributed by atoms with van der Waals surface area (Å²) < 4.78 is 33.8. The van der Waals surface area contributed by atoms with Gasteiger partial charge in [-0.15, -0.1) is 11.8 Å². The van der Waals surface area contributed by atoms with E-state index in [1.165, 1.54) is 17.1 Å². The summed E-state index contributed by atoms with van der Waals surface area (Å²) in [6, 6.07) is 13.7. The molecule has 0 heterocycles. The maximum atomic E-state index is 13.6. The lowest BCUT2D eigenvalue weighted by Crippen LogP contribution is -2.45. The van der Waals surface area contributed by atoms with Crippen molar-refractivity contribution in [2.75, 3.05) is 23.7 Å². The van der Waals surface area contributed by atoms with Crippen LogP contribution in [0.5, 0.6) is 5.75 Å². The molecule has 1 N–H and O–H groups in total. The fraction of sp³-hybridized carbons (Fsp3) is 0.458. The number of benzene rings is 2. The second-order valence-electron chi connectivity index (χ2n) is 8.46. The number of ether oxygens (including phenoxy) is 1. The fourth-order valence-corrected chi connectivity index (χ4v) is 6.70. The van der Waals surface area contributed by atoms with Crippen molar-refractivity contribution in [3.63, 3.8) is 0 Å². The summed E-state index contributed by atoms with van der Waals surface area (Å²) in [5.74, 6) is 1.62. The molecule has 2 aromatic carbocycles. The van der Waals surface area contributed by atoms with Gasteiger partial charge in [0.1, 0.15) is 12.3 Å². The number of thioether (sulfide) groups is 1. The van der Waals surface area contributed by atoms with Crippen molar-refractivity contribution in [1.82, 2.24) is 5.32 Å². The van der Waals surface area contributed by atoms with Crippen LogP contribution in [0.2, 0.25) is 0 Å². The van der Waals surface area contributed by atoms with E-state index in [1.54, 1.807) is 60.3 Å². The Bertz CT molecular complexity index is 1040. The molecule has 6 nitrogen and oxygen atoms in total. The number of nitrogens with zero attached hydrogens (tertiary/aromatic N) is 1. The first kappa shape index (κ1) is 23.0. The van der Waals surface area contributed by atoms with Crippen LogP contribution in [0.25, 0.3) is 0 Å². The predicted molar refractivity (Wildman–Crippen MR) is 128 cm³/mol. The SMILES string of the molecule is CCOc1ccc(N(CC(=O)NC2C[C@H]3CC[C@@H]2C3)S(=O)(=O)c2ccc(SC)cc2)cc1. The van der Waals surface area contributed by atoms with Crippen LogP contribution in [0.4, 0.5) is 5.69 Å². The highest BCUT2D eigenvalue weighted by molar-refractivity contribution is 7.98. The Morgan fingerprint density at radius 1 is 1.09 bits per heavy atom. The van der Waals surface area contributed by atoms with Crippen molar-refractivity contribution in [3.05, 3.63) is 48.5 Å². The monoisotopic (exact) mass is 474 g/mol. The standard InChI is InChI=1S/C24H30N2O4S2/c1-3-30-20-8-6-19(7-9-20)26(32(28,29)22-12-10-21(31-2)11-13-22)16-24(27)25-23-15-17-4-5-18(23)14-17/h6-13,17-18,23H,3-5,14-16H2,1-2H3,(H,25,27)/t17-,18+,23?/m0/s1. The molecule has 0 aromatic heterocycles. The van der Waals surface area contributed by atoms with Crippen LogP contribution in [0.15, 0.2) is 58.3 Å². The topological polar surface area (TPSA) is 75.7 Å². The number of nitrogens with one attached hydrogen (secondary N) is 1. The lowest BCUT2D eigenvalue weighted by atomic mass is 9.95. The van der Waals surface area contributed by atoms with Crippen LogP contribution in [0, 0.1) is 11.8 Å². The highest BCUT2D eigenvalue weighted by atomic mass is 32.2. The number of carbonyl (C=O) groups excluding carboxylic acids is 1. The molecule has 1 amide bonds. The molecule has 3 atom stereocenters. The van der Waals surface area contributed by atoms with Gasteiger partial charge >= 0.3 is 0 Å². The fourth-order valence-electron chi connectivity index (χ4n) is 4.87. The molecule has 2 bridgehead atoms. The molecule has 32 heavy (non-hydrogen) atoms. The van der Waals surface area contributed by atoms with Crippen LogP contribution >= 0.6 is 11.8 Å². The molecule has 0 radical (unpaired) electrons. The molecule has 8 heteroatoms. The normalized spacial score (nSPS) is 22.0. The molecule has 2 aromatic rings. The van der Waals surface area contributed by atoms with Crippen molar-refractivity contribution in [2.45, 2.75) is 48.4 Å². The molecule has 172 valence electrons. The van der Waals surface area contributed by atoms with E-state index in [0.29, 0.717) is 29.9 Å². The molecular formula is C24H30N2O4S2. The van der Waals surface area contributed by atoms with Crippen LogP contribution in [-0.2, 0) is 14.8 Å². The summed E-state index contributed by atoms with van der Waals surface area (Å²) in [4.78, 5) is 14.1. The second kappa shape index (κ2) is 9.75. The maximum Gasteiger partial charge on any atom is 0.264 e. The van der Waals surface area contributed by atoms with Crippen molar-refractivity contribution >= 4 is 33.4 Å². The zero-order chi connectivity index (χ0) is 22.7. The summed E-state index contributed by atoms with van der Waals surface area (Å²) in [5.41, 5.74) is 0.436. The maximum absolute atomic E-state index is 13.6. The highest BCUT2D eigenvalue weighted by Crippen LogP contribution is 2.44. The van der Waals surface area contributed by atoms with Gasteiger partial charge in [-0.05, 0) is 92.8 Å². The summed E-state index contributed by atoms with van der Waals surface area (Å²) in [7, 11) is -3.92.